The maximum absolute atomic E-state index is 11.6. The van der Waals surface area contributed by atoms with Gasteiger partial charge >= 0.3 is 0 Å². The number of halogens is 1. The van der Waals surface area contributed by atoms with Crippen LogP contribution in [-0.4, -0.2) is 20.7 Å². The second-order valence-corrected chi connectivity index (χ2v) is 6.81. The molecule has 0 bridgehead atoms. The Morgan fingerprint density at radius 2 is 1.79 bits per heavy atom. The van der Waals surface area contributed by atoms with Gasteiger partial charge in [-0.25, -0.2) is 13.1 Å². The Balaban J connectivity index is 0.00000324. The first-order valence-corrected chi connectivity index (χ1v) is 7.86. The first kappa shape index (κ1) is 18.2. The minimum Gasteiger partial charge on any atom is -0.399 e. The largest absolute Gasteiger partial charge is 0.399 e. The molecule has 19 heavy (non-hydrogen) atoms. The van der Waals surface area contributed by atoms with E-state index in [4.69, 9.17) is 5.73 Å². The van der Waals surface area contributed by atoms with Crippen molar-refractivity contribution in [3.05, 3.63) is 29.8 Å². The van der Waals surface area contributed by atoms with Gasteiger partial charge in [0.05, 0.1) is 5.75 Å². The van der Waals surface area contributed by atoms with E-state index in [9.17, 15) is 8.42 Å². The third-order valence-corrected chi connectivity index (χ3v) is 4.10. The number of hydrogen-bond donors (Lipinski definition) is 2. The molecule has 0 saturated heterocycles. The van der Waals surface area contributed by atoms with Crippen molar-refractivity contribution in [2.45, 2.75) is 26.7 Å². The Bertz CT molecular complexity index is 458. The van der Waals surface area contributed by atoms with Crippen molar-refractivity contribution in [3.8, 4) is 0 Å². The molecule has 0 aliphatic carbocycles. The van der Waals surface area contributed by atoms with Gasteiger partial charge < -0.3 is 5.73 Å². The minimum absolute atomic E-state index is 0. The normalized spacial score (nSPS) is 11.3. The van der Waals surface area contributed by atoms with Crippen molar-refractivity contribution in [1.29, 1.82) is 0 Å². The number of anilines is 1. The fraction of sp³-hybridized carbons (Fsp3) is 0.538. The molecule has 0 radical (unpaired) electrons. The first-order valence-electron chi connectivity index (χ1n) is 6.21. The molecule has 1 aromatic carbocycles. The average Bonchev–Trinajstić information content (AvgIpc) is 2.29. The van der Waals surface area contributed by atoms with Gasteiger partial charge in [0.2, 0.25) is 10.0 Å². The Labute approximate surface area is 122 Å². The molecule has 1 aromatic rings. The van der Waals surface area contributed by atoms with Gasteiger partial charge in [0.25, 0.3) is 0 Å². The summed E-state index contributed by atoms with van der Waals surface area (Å²) in [4.78, 5) is 0. The molecule has 0 spiro atoms. The second kappa shape index (κ2) is 8.40. The predicted octanol–water partition coefficient (Wildman–Crippen LogP) is 2.20. The lowest BCUT2D eigenvalue weighted by Gasteiger charge is -2.08. The zero-order valence-electron chi connectivity index (χ0n) is 11.4. The van der Waals surface area contributed by atoms with E-state index < -0.39 is 10.0 Å². The molecule has 4 nitrogen and oxygen atoms in total. The molecular formula is C13H23ClN2O2S. The topological polar surface area (TPSA) is 72.2 Å². The molecule has 0 fully saturated rings. The number of hydrogen-bond acceptors (Lipinski definition) is 3. The highest BCUT2D eigenvalue weighted by Crippen LogP contribution is 2.06. The molecule has 0 aromatic heterocycles. The lowest BCUT2D eigenvalue weighted by atomic mass is 10.1. The summed E-state index contributed by atoms with van der Waals surface area (Å²) < 4.78 is 25.9. The molecular weight excluding hydrogens is 284 g/mol. The predicted molar refractivity (Wildman–Crippen MR) is 83.1 cm³/mol. The number of benzene rings is 1. The Kier molecular flexibility index (Phi) is 8.06. The van der Waals surface area contributed by atoms with E-state index in [0.717, 1.165) is 11.3 Å². The van der Waals surface area contributed by atoms with Crippen LogP contribution in [0.1, 0.15) is 25.8 Å². The van der Waals surface area contributed by atoms with Crippen molar-refractivity contribution in [2.24, 2.45) is 5.92 Å². The highest BCUT2D eigenvalue weighted by Gasteiger charge is 2.10. The molecule has 110 valence electrons. The fourth-order valence-corrected chi connectivity index (χ4v) is 2.84. The summed E-state index contributed by atoms with van der Waals surface area (Å²) in [5.74, 6) is 0.602. The van der Waals surface area contributed by atoms with Gasteiger partial charge in [-0.05, 0) is 36.5 Å². The summed E-state index contributed by atoms with van der Waals surface area (Å²) >= 11 is 0. The monoisotopic (exact) mass is 306 g/mol. The minimum atomic E-state index is -3.13. The standard InChI is InChI=1S/C13H22N2O2S.ClH/c1-11(2)8-10-18(16,17)15-9-7-12-3-5-13(14)6-4-12;/h3-6,11,15H,7-10,14H2,1-2H3;1H. The van der Waals surface area contributed by atoms with E-state index in [1.807, 2.05) is 38.1 Å². The molecule has 6 heteroatoms. The fourth-order valence-electron chi connectivity index (χ4n) is 1.50. The number of nitrogens with two attached hydrogens (primary N) is 1. The van der Waals surface area contributed by atoms with Crippen LogP contribution in [0.25, 0.3) is 0 Å². The Morgan fingerprint density at radius 3 is 2.32 bits per heavy atom. The molecule has 0 saturated carbocycles. The van der Waals surface area contributed by atoms with Crippen LogP contribution in [-0.2, 0) is 16.4 Å². The molecule has 0 unspecified atom stereocenters. The van der Waals surface area contributed by atoms with Crippen molar-refractivity contribution >= 4 is 28.1 Å². The molecule has 1 rings (SSSR count). The van der Waals surface area contributed by atoms with Gasteiger partial charge in [-0.2, -0.15) is 0 Å². The maximum atomic E-state index is 11.6. The lowest BCUT2D eigenvalue weighted by molar-refractivity contribution is 0.562. The lowest BCUT2D eigenvalue weighted by Crippen LogP contribution is -2.28. The van der Waals surface area contributed by atoms with Crippen LogP contribution in [0.4, 0.5) is 5.69 Å². The van der Waals surface area contributed by atoms with E-state index in [1.54, 1.807) is 0 Å². The van der Waals surface area contributed by atoms with Gasteiger partial charge in [-0.15, -0.1) is 12.4 Å². The van der Waals surface area contributed by atoms with E-state index in [1.165, 1.54) is 0 Å². The van der Waals surface area contributed by atoms with Crippen molar-refractivity contribution in [2.75, 3.05) is 18.0 Å². The van der Waals surface area contributed by atoms with Crippen LogP contribution in [0, 0.1) is 5.92 Å². The summed E-state index contributed by atoms with van der Waals surface area (Å²) in [5.41, 5.74) is 7.38. The SMILES string of the molecule is CC(C)CCS(=O)(=O)NCCc1ccc(N)cc1.Cl. The highest BCUT2D eigenvalue weighted by atomic mass is 35.5. The van der Waals surface area contributed by atoms with Gasteiger partial charge in [0.1, 0.15) is 0 Å². The third kappa shape index (κ3) is 8.08. The second-order valence-electron chi connectivity index (χ2n) is 4.89. The first-order chi connectivity index (χ1) is 8.39. The van der Waals surface area contributed by atoms with E-state index in [2.05, 4.69) is 4.72 Å². The number of sulfonamides is 1. The Morgan fingerprint density at radius 1 is 1.21 bits per heavy atom. The van der Waals surface area contributed by atoms with Crippen LogP contribution in [0.2, 0.25) is 0 Å². The van der Waals surface area contributed by atoms with Crippen molar-refractivity contribution in [1.82, 2.24) is 4.72 Å². The Hall–Kier alpha value is -0.780. The van der Waals surface area contributed by atoms with Crippen LogP contribution in [0.3, 0.4) is 0 Å². The smallest absolute Gasteiger partial charge is 0.211 e. The molecule has 0 atom stereocenters. The molecule has 0 amide bonds. The summed E-state index contributed by atoms with van der Waals surface area (Å²) in [5, 5.41) is 0. The average molecular weight is 307 g/mol. The van der Waals surface area contributed by atoms with E-state index in [-0.39, 0.29) is 18.2 Å². The third-order valence-electron chi connectivity index (χ3n) is 2.68. The van der Waals surface area contributed by atoms with Gasteiger partial charge in [-0.1, -0.05) is 26.0 Å². The van der Waals surface area contributed by atoms with Crippen molar-refractivity contribution in [3.63, 3.8) is 0 Å². The molecule has 0 aliphatic heterocycles. The van der Waals surface area contributed by atoms with E-state index in [0.29, 0.717) is 25.3 Å². The maximum Gasteiger partial charge on any atom is 0.211 e. The van der Waals surface area contributed by atoms with Crippen LogP contribution in [0.5, 0.6) is 0 Å². The zero-order valence-corrected chi connectivity index (χ0v) is 13.1. The summed E-state index contributed by atoms with van der Waals surface area (Å²) in [6, 6.07) is 7.47. The molecule has 0 heterocycles. The number of nitrogens with one attached hydrogen (secondary N) is 1. The number of rotatable bonds is 7. The van der Waals surface area contributed by atoms with Crippen LogP contribution >= 0.6 is 12.4 Å². The molecule has 0 aliphatic rings. The molecule has 3 N–H and O–H groups in total. The highest BCUT2D eigenvalue weighted by molar-refractivity contribution is 7.89. The van der Waals surface area contributed by atoms with Crippen molar-refractivity contribution < 1.29 is 8.42 Å². The summed E-state index contributed by atoms with van der Waals surface area (Å²) in [6.07, 6.45) is 1.37. The number of nitrogen functional groups attached to an aromatic ring is 1. The van der Waals surface area contributed by atoms with Gasteiger partial charge in [0, 0.05) is 12.2 Å². The summed E-state index contributed by atoms with van der Waals surface area (Å²) in [6.45, 7) is 4.47. The summed E-state index contributed by atoms with van der Waals surface area (Å²) in [7, 11) is -3.13. The van der Waals surface area contributed by atoms with Crippen LogP contribution < -0.4 is 10.5 Å². The van der Waals surface area contributed by atoms with E-state index >= 15 is 0 Å². The van der Waals surface area contributed by atoms with Crippen LogP contribution in [0.15, 0.2) is 24.3 Å². The zero-order chi connectivity index (χ0) is 13.6. The quantitative estimate of drug-likeness (QED) is 0.759. The van der Waals surface area contributed by atoms with Gasteiger partial charge in [-0.3, -0.25) is 0 Å². The van der Waals surface area contributed by atoms with Gasteiger partial charge in [0.15, 0.2) is 0 Å².